The number of carbonyl (C=O) groups is 2. The molecule has 0 radical (unpaired) electrons. The number of aliphatic hydroxyl groups excluding tert-OH is 1. The summed E-state index contributed by atoms with van der Waals surface area (Å²) in [6, 6.07) is 0. The summed E-state index contributed by atoms with van der Waals surface area (Å²) in [6.07, 6.45) is 4.64. The molecule has 3 aliphatic rings. The number of nitrogens with zero attached hydrogens (tertiary/aromatic N) is 1. The van der Waals surface area contributed by atoms with E-state index in [1.807, 2.05) is 13.0 Å². The van der Waals surface area contributed by atoms with Gasteiger partial charge in [-0.05, 0) is 56.0 Å². The summed E-state index contributed by atoms with van der Waals surface area (Å²) >= 11 is 1.61. The number of aliphatic hydroxyl groups is 1. The Bertz CT molecular complexity index is 770. The Morgan fingerprint density at radius 2 is 1.94 bits per heavy atom. The van der Waals surface area contributed by atoms with Gasteiger partial charge in [-0.15, -0.1) is 18.3 Å². The van der Waals surface area contributed by atoms with Gasteiger partial charge in [-0.25, -0.2) is 0 Å². The van der Waals surface area contributed by atoms with Crippen molar-refractivity contribution in [1.82, 2.24) is 4.90 Å². The smallest absolute Gasteiger partial charge is 0.316 e. The highest BCUT2D eigenvalue weighted by Gasteiger charge is 2.68. The first-order valence-corrected chi connectivity index (χ1v) is 14.5. The standard InChI is InChI=1S/C28H47NO4S/c1-8-26(6)17-22(33-23(31)18-34-16-15-29(9-2)10-3)27(7)19(4)11-13-28(20(5)25(26)32)14-12-21(30)24(27)28/h8,19-20,22,24-25,32H,1,9-18H2,2-7H3/t19-,20-,22+,24-,25-,26+,27-,28+/m0/s1/i2+1,3+1,9+1,10+1. The fourth-order valence-electron chi connectivity index (χ4n) is 7.58. The van der Waals surface area contributed by atoms with Gasteiger partial charge in [0.2, 0.25) is 0 Å². The van der Waals surface area contributed by atoms with Gasteiger partial charge in [0, 0.05) is 35.5 Å². The Balaban J connectivity index is 1.88. The first-order valence-electron chi connectivity index (χ1n) is 13.3. The Labute approximate surface area is 211 Å². The van der Waals surface area contributed by atoms with Crippen LogP contribution in [0, 0.1) is 34.0 Å². The van der Waals surface area contributed by atoms with Crippen molar-refractivity contribution in [3.05, 3.63) is 12.7 Å². The zero-order valence-electron chi connectivity index (χ0n) is 22.3. The number of esters is 1. The zero-order valence-corrected chi connectivity index (χ0v) is 23.1. The second-order valence-electron chi connectivity index (χ2n) is 11.6. The molecule has 6 heteroatoms. The van der Waals surface area contributed by atoms with E-state index in [2.05, 4.69) is 46.1 Å². The maximum Gasteiger partial charge on any atom is 0.316 e. The fraction of sp³-hybridized carbons (Fsp3) is 0.857. The van der Waals surface area contributed by atoms with Crippen LogP contribution in [0.2, 0.25) is 0 Å². The quantitative estimate of drug-likeness (QED) is 0.210. The lowest BCUT2D eigenvalue weighted by molar-refractivity contribution is -0.205. The van der Waals surface area contributed by atoms with Crippen LogP contribution in [0.3, 0.4) is 0 Å². The summed E-state index contributed by atoms with van der Waals surface area (Å²) < 4.78 is 6.30. The van der Waals surface area contributed by atoms with Gasteiger partial charge in [0.15, 0.2) is 0 Å². The maximum atomic E-state index is 13.4. The minimum Gasteiger partial charge on any atom is -0.461 e. The van der Waals surface area contributed by atoms with E-state index in [9.17, 15) is 14.7 Å². The highest BCUT2D eigenvalue weighted by atomic mass is 32.2. The third-order valence-electron chi connectivity index (χ3n) is 10.2. The van der Waals surface area contributed by atoms with Crippen molar-refractivity contribution < 1.29 is 19.4 Å². The van der Waals surface area contributed by atoms with Crippen LogP contribution in [0.15, 0.2) is 12.7 Å². The first kappa shape index (κ1) is 27.7. The molecule has 1 N–H and O–H groups in total. The van der Waals surface area contributed by atoms with E-state index in [0.29, 0.717) is 24.4 Å². The van der Waals surface area contributed by atoms with Crippen molar-refractivity contribution in [1.29, 1.82) is 0 Å². The molecule has 34 heavy (non-hydrogen) atoms. The summed E-state index contributed by atoms with van der Waals surface area (Å²) in [5.74, 6) is 1.37. The van der Waals surface area contributed by atoms with Gasteiger partial charge in [0.1, 0.15) is 11.9 Å². The predicted octanol–water partition coefficient (Wildman–Crippen LogP) is 4.97. The third kappa shape index (κ3) is 4.64. The number of hydrogen-bond donors (Lipinski definition) is 1. The average molecular weight is 498 g/mol. The molecule has 0 aliphatic heterocycles. The summed E-state index contributed by atoms with van der Waals surface area (Å²) in [7, 11) is 0. The molecular formula is C28H47NO4S. The molecule has 0 aromatic heterocycles. The first-order chi connectivity index (χ1) is 16.0. The molecule has 0 heterocycles. The minimum atomic E-state index is -0.624. The zero-order chi connectivity index (χ0) is 25.3. The highest BCUT2D eigenvalue weighted by Crippen LogP contribution is 2.67. The van der Waals surface area contributed by atoms with E-state index in [-0.39, 0.29) is 29.1 Å². The molecule has 2 bridgehead atoms. The molecule has 3 rings (SSSR count). The topological polar surface area (TPSA) is 66.8 Å². The lowest BCUT2D eigenvalue weighted by Crippen LogP contribution is -2.63. The van der Waals surface area contributed by atoms with Crippen LogP contribution in [-0.2, 0) is 14.3 Å². The SMILES string of the molecule is C=C[C@]1(C)C[C@@H](OC(=O)CSCCN([13CH2][13CH3])[13CH2][13CH3])[C@@]2(C)[C@@H]3C(=O)CC[C@]3(CC[C@@H]2C)[C@@H](C)[C@@H]1O. The number of rotatable bonds is 9. The van der Waals surface area contributed by atoms with Crippen LogP contribution in [0.1, 0.15) is 73.6 Å². The van der Waals surface area contributed by atoms with Crippen LogP contribution in [0.5, 0.6) is 0 Å². The lowest BCUT2D eigenvalue weighted by atomic mass is 9.44. The molecule has 5 nitrogen and oxygen atoms in total. The molecular weight excluding hydrogens is 450 g/mol. The molecule has 0 aromatic rings. The largest absolute Gasteiger partial charge is 0.461 e. The van der Waals surface area contributed by atoms with Crippen LogP contribution in [0.4, 0.5) is 0 Å². The number of ether oxygens (including phenoxy) is 1. The van der Waals surface area contributed by atoms with Crippen molar-refractivity contribution in [2.24, 2.45) is 34.0 Å². The Morgan fingerprint density at radius 1 is 1.26 bits per heavy atom. The van der Waals surface area contributed by atoms with E-state index in [1.165, 1.54) is 0 Å². The predicted molar refractivity (Wildman–Crippen MR) is 140 cm³/mol. The molecule has 0 amide bonds. The second-order valence-corrected chi connectivity index (χ2v) is 12.7. The van der Waals surface area contributed by atoms with E-state index < -0.39 is 23.0 Å². The van der Waals surface area contributed by atoms with Crippen LogP contribution >= 0.6 is 11.8 Å². The van der Waals surface area contributed by atoms with Gasteiger partial charge in [-0.3, -0.25) is 9.59 Å². The Kier molecular flexibility index (Phi) is 8.68. The number of thioether (sulfide) groups is 1. The van der Waals surface area contributed by atoms with Gasteiger partial charge in [-0.2, -0.15) is 0 Å². The normalized spacial score (nSPS) is 42.1. The van der Waals surface area contributed by atoms with Gasteiger partial charge in [0.25, 0.3) is 0 Å². The van der Waals surface area contributed by atoms with E-state index in [0.717, 1.165) is 44.6 Å². The van der Waals surface area contributed by atoms with Crippen LogP contribution in [-0.4, -0.2) is 65.1 Å². The van der Waals surface area contributed by atoms with Crippen molar-refractivity contribution in [2.75, 3.05) is 31.1 Å². The van der Waals surface area contributed by atoms with E-state index in [1.54, 1.807) is 11.8 Å². The molecule has 0 unspecified atom stereocenters. The summed E-state index contributed by atoms with van der Waals surface area (Å²) in [5, 5.41) is 11.6. The number of Topliss-reactive ketones (excluding diaryl/α,β-unsaturated/α-hetero) is 1. The maximum absolute atomic E-state index is 13.4. The molecule has 8 atom stereocenters. The van der Waals surface area contributed by atoms with E-state index >= 15 is 0 Å². The fourth-order valence-corrected chi connectivity index (χ4v) is 8.35. The average Bonchev–Trinajstić information content (AvgIpc) is 3.17. The monoisotopic (exact) mass is 497 g/mol. The molecule has 0 aromatic carbocycles. The molecule has 3 saturated carbocycles. The Morgan fingerprint density at radius 3 is 2.56 bits per heavy atom. The lowest BCUT2D eigenvalue weighted by Gasteiger charge is -2.61. The summed E-state index contributed by atoms with van der Waals surface area (Å²) in [4.78, 5) is 28.9. The van der Waals surface area contributed by atoms with Crippen molar-refractivity contribution in [2.45, 2.75) is 85.9 Å². The van der Waals surface area contributed by atoms with Crippen LogP contribution in [0.25, 0.3) is 0 Å². The van der Waals surface area contributed by atoms with Crippen molar-refractivity contribution in [3.8, 4) is 0 Å². The number of hydrogen-bond acceptors (Lipinski definition) is 6. The minimum absolute atomic E-state index is 0.00828. The summed E-state index contributed by atoms with van der Waals surface area (Å²) in [6.45, 7) is 20.0. The second kappa shape index (κ2) is 10.6. The molecule has 194 valence electrons. The molecule has 0 saturated heterocycles. The van der Waals surface area contributed by atoms with Crippen molar-refractivity contribution in [3.63, 3.8) is 0 Å². The number of ketones is 1. The molecule has 3 aliphatic carbocycles. The Hall–Kier alpha value is -0.850. The molecule has 0 spiro atoms. The molecule has 3 fully saturated rings. The van der Waals surface area contributed by atoms with Crippen molar-refractivity contribution >= 4 is 23.5 Å². The van der Waals surface area contributed by atoms with Gasteiger partial charge in [-0.1, -0.05) is 47.6 Å². The van der Waals surface area contributed by atoms with Crippen LogP contribution < -0.4 is 0 Å². The van der Waals surface area contributed by atoms with E-state index in [4.69, 9.17) is 4.74 Å². The van der Waals surface area contributed by atoms with Gasteiger partial charge >= 0.3 is 5.97 Å². The number of carbonyl (C=O) groups excluding carboxylic acids is 2. The highest BCUT2D eigenvalue weighted by molar-refractivity contribution is 7.99. The third-order valence-corrected chi connectivity index (χ3v) is 11.2. The van der Waals surface area contributed by atoms with Gasteiger partial charge in [0.05, 0.1) is 11.9 Å². The summed E-state index contributed by atoms with van der Waals surface area (Å²) in [5.41, 5.74) is -1.25. The van der Waals surface area contributed by atoms with Gasteiger partial charge < -0.3 is 14.7 Å².